The highest BCUT2D eigenvalue weighted by molar-refractivity contribution is 5.15. The van der Waals surface area contributed by atoms with Crippen molar-refractivity contribution in [2.45, 2.75) is 56.4 Å². The Labute approximate surface area is 171 Å². The molecule has 0 spiro atoms. The number of piperidine rings is 1. The largest absolute Gasteiger partial charge is 0.468 e. The average Bonchev–Trinajstić information content (AvgIpc) is 3.41. The lowest BCUT2D eigenvalue weighted by atomic mass is 9.87. The molecule has 5 rings (SSSR count). The van der Waals surface area contributed by atoms with Crippen molar-refractivity contribution in [2.24, 2.45) is 5.92 Å². The zero-order chi connectivity index (χ0) is 19.6. The number of nitrogens with one attached hydrogen (secondary N) is 1. The number of hydrogen-bond donors (Lipinski definition) is 2. The van der Waals surface area contributed by atoms with Crippen molar-refractivity contribution in [3.05, 3.63) is 60.1 Å². The summed E-state index contributed by atoms with van der Waals surface area (Å²) >= 11 is 0. The molecule has 0 aliphatic carbocycles. The second-order valence-corrected chi connectivity index (χ2v) is 8.51. The van der Waals surface area contributed by atoms with Gasteiger partial charge in [-0.05, 0) is 56.0 Å². The molecule has 2 bridgehead atoms. The lowest BCUT2D eigenvalue weighted by molar-refractivity contribution is -0.186. The third-order valence-electron chi connectivity index (χ3n) is 6.66. The summed E-state index contributed by atoms with van der Waals surface area (Å²) in [7, 11) is 0. The number of benzene rings is 1. The molecule has 2 N–H and O–H groups in total. The van der Waals surface area contributed by atoms with E-state index in [0.29, 0.717) is 19.1 Å². The summed E-state index contributed by atoms with van der Waals surface area (Å²) in [5.74, 6) is 1.55. The molecule has 0 saturated carbocycles. The van der Waals surface area contributed by atoms with Crippen molar-refractivity contribution in [3.8, 4) is 0 Å². The number of aliphatic hydroxyl groups excluding tert-OH is 1. The van der Waals surface area contributed by atoms with E-state index >= 15 is 0 Å². The molecule has 0 amide bonds. The highest BCUT2D eigenvalue weighted by Gasteiger charge is 2.52. The summed E-state index contributed by atoms with van der Waals surface area (Å²) in [5, 5.41) is 14.6. The molecule has 3 saturated heterocycles. The van der Waals surface area contributed by atoms with Gasteiger partial charge in [0, 0.05) is 0 Å². The number of aliphatic hydroxyl groups is 1. The fourth-order valence-corrected chi connectivity index (χ4v) is 5.08. The van der Waals surface area contributed by atoms with Gasteiger partial charge in [0.2, 0.25) is 0 Å². The Morgan fingerprint density at radius 3 is 2.66 bits per heavy atom. The van der Waals surface area contributed by atoms with Crippen molar-refractivity contribution >= 4 is 0 Å². The minimum Gasteiger partial charge on any atom is -0.468 e. The third-order valence-corrected chi connectivity index (χ3v) is 6.66. The minimum absolute atomic E-state index is 0.114. The Morgan fingerprint density at radius 1 is 1.07 bits per heavy atom. The summed E-state index contributed by atoms with van der Waals surface area (Å²) in [5.41, 5.74) is 1.41. The van der Waals surface area contributed by atoms with Gasteiger partial charge in [-0.25, -0.2) is 0 Å². The monoisotopic (exact) mass is 398 g/mol. The Kier molecular flexibility index (Phi) is 5.70. The van der Waals surface area contributed by atoms with Crippen LogP contribution in [0.5, 0.6) is 0 Å². The van der Waals surface area contributed by atoms with Gasteiger partial charge in [0.05, 0.1) is 37.6 Å². The summed E-state index contributed by atoms with van der Waals surface area (Å²) in [6.07, 6.45) is 4.11. The van der Waals surface area contributed by atoms with Crippen LogP contribution in [0.25, 0.3) is 0 Å². The summed E-state index contributed by atoms with van der Waals surface area (Å²) in [6, 6.07) is 14.3. The van der Waals surface area contributed by atoms with Crippen molar-refractivity contribution in [1.82, 2.24) is 10.2 Å². The van der Waals surface area contributed by atoms with Crippen LogP contribution in [0.4, 0.5) is 0 Å². The van der Waals surface area contributed by atoms with Crippen LogP contribution in [-0.4, -0.2) is 60.3 Å². The zero-order valence-electron chi connectivity index (χ0n) is 16.7. The van der Waals surface area contributed by atoms with Crippen LogP contribution in [0.2, 0.25) is 0 Å². The van der Waals surface area contributed by atoms with Gasteiger partial charge in [-0.15, -0.1) is 0 Å². The maximum atomic E-state index is 11.2. The second kappa shape index (κ2) is 8.58. The Balaban J connectivity index is 1.20. The standard InChI is InChI=1S/C23H30N2O4/c26-22-20(24-14-18-7-4-12-27-18)19-15-28-23(29-19)21(22)25-10-8-17(9-11-25)13-16-5-2-1-3-6-16/h1-7,12,17,19-24,26H,8-11,13-15H2/t19-,20+,21-,22-,23+/m0/s1. The van der Waals surface area contributed by atoms with Gasteiger partial charge in [0.25, 0.3) is 0 Å². The Bertz CT molecular complexity index is 760. The topological polar surface area (TPSA) is 67.1 Å². The number of nitrogens with zero attached hydrogens (tertiary/aromatic N) is 1. The first kappa shape index (κ1) is 19.3. The van der Waals surface area contributed by atoms with E-state index in [4.69, 9.17) is 13.9 Å². The first-order valence-electron chi connectivity index (χ1n) is 10.8. The van der Waals surface area contributed by atoms with Crippen LogP contribution in [0.3, 0.4) is 0 Å². The van der Waals surface area contributed by atoms with Crippen LogP contribution in [0.15, 0.2) is 53.1 Å². The van der Waals surface area contributed by atoms with Gasteiger partial charge in [-0.1, -0.05) is 30.3 Å². The molecule has 3 fully saturated rings. The van der Waals surface area contributed by atoms with Crippen LogP contribution in [-0.2, 0) is 22.4 Å². The maximum absolute atomic E-state index is 11.2. The van der Waals surface area contributed by atoms with Gasteiger partial charge >= 0.3 is 0 Å². The van der Waals surface area contributed by atoms with Gasteiger partial charge in [-0.2, -0.15) is 0 Å². The predicted octanol–water partition coefficient (Wildman–Crippen LogP) is 2.18. The van der Waals surface area contributed by atoms with Crippen molar-refractivity contribution in [3.63, 3.8) is 0 Å². The molecule has 1 aromatic carbocycles. The Morgan fingerprint density at radius 2 is 1.90 bits per heavy atom. The van der Waals surface area contributed by atoms with Gasteiger partial charge in [0.1, 0.15) is 11.9 Å². The zero-order valence-corrected chi connectivity index (χ0v) is 16.7. The molecule has 3 aliphatic rings. The van der Waals surface area contributed by atoms with Gasteiger partial charge in [0.15, 0.2) is 6.29 Å². The molecule has 156 valence electrons. The second-order valence-electron chi connectivity index (χ2n) is 8.51. The average molecular weight is 399 g/mol. The van der Waals surface area contributed by atoms with E-state index in [1.807, 2.05) is 12.1 Å². The molecular weight excluding hydrogens is 368 g/mol. The van der Waals surface area contributed by atoms with E-state index in [0.717, 1.165) is 38.1 Å². The molecule has 6 nitrogen and oxygen atoms in total. The molecule has 1 aromatic heterocycles. The van der Waals surface area contributed by atoms with Crippen molar-refractivity contribution < 1.29 is 19.0 Å². The van der Waals surface area contributed by atoms with E-state index in [-0.39, 0.29) is 24.5 Å². The van der Waals surface area contributed by atoms with Gasteiger partial charge in [-0.3, -0.25) is 4.90 Å². The first-order chi connectivity index (χ1) is 14.3. The maximum Gasteiger partial charge on any atom is 0.176 e. The first-order valence-corrected chi connectivity index (χ1v) is 10.8. The molecule has 0 radical (unpaired) electrons. The molecule has 4 heterocycles. The van der Waals surface area contributed by atoms with Crippen LogP contribution < -0.4 is 5.32 Å². The van der Waals surface area contributed by atoms with E-state index < -0.39 is 6.10 Å². The molecule has 6 heteroatoms. The molecular formula is C23H30N2O4. The van der Waals surface area contributed by atoms with Crippen LogP contribution >= 0.6 is 0 Å². The molecule has 2 aromatic rings. The third kappa shape index (κ3) is 4.13. The number of fused-ring (bicyclic) bond motifs is 2. The molecule has 3 aliphatic heterocycles. The number of likely N-dealkylation sites (tertiary alicyclic amines) is 1. The number of hydrogen-bond acceptors (Lipinski definition) is 6. The number of rotatable bonds is 6. The van der Waals surface area contributed by atoms with Crippen LogP contribution in [0.1, 0.15) is 24.2 Å². The highest BCUT2D eigenvalue weighted by Crippen LogP contribution is 2.34. The van der Waals surface area contributed by atoms with Crippen LogP contribution in [0, 0.1) is 5.92 Å². The smallest absolute Gasteiger partial charge is 0.176 e. The van der Waals surface area contributed by atoms with E-state index in [2.05, 4.69) is 40.5 Å². The predicted molar refractivity (Wildman–Crippen MR) is 108 cm³/mol. The SMILES string of the molecule is O[C@H]1[C@H](NCc2ccco2)[C@@H]2CO[C@H](O2)[C@H]1N1CCC(Cc2ccccc2)CC1. The lowest BCUT2D eigenvalue weighted by Crippen LogP contribution is -2.65. The van der Waals surface area contributed by atoms with Gasteiger partial charge < -0.3 is 24.3 Å². The summed E-state index contributed by atoms with van der Waals surface area (Å²) < 4.78 is 17.5. The van der Waals surface area contributed by atoms with Crippen molar-refractivity contribution in [2.75, 3.05) is 19.7 Å². The summed E-state index contributed by atoms with van der Waals surface area (Å²) in [4.78, 5) is 2.37. The van der Waals surface area contributed by atoms with E-state index in [1.165, 1.54) is 5.56 Å². The van der Waals surface area contributed by atoms with E-state index in [9.17, 15) is 5.11 Å². The van der Waals surface area contributed by atoms with E-state index in [1.54, 1.807) is 6.26 Å². The molecule has 29 heavy (non-hydrogen) atoms. The summed E-state index contributed by atoms with van der Waals surface area (Å²) in [6.45, 7) is 3.04. The lowest BCUT2D eigenvalue weighted by Gasteiger charge is -2.46. The highest BCUT2D eigenvalue weighted by atomic mass is 16.7. The molecule has 5 atom stereocenters. The fraction of sp³-hybridized carbons (Fsp3) is 0.565. The Hall–Kier alpha value is -1.70. The molecule has 0 unspecified atom stereocenters. The van der Waals surface area contributed by atoms with Crippen molar-refractivity contribution in [1.29, 1.82) is 0 Å². The number of furan rings is 1. The minimum atomic E-state index is -0.526. The normalized spacial score (nSPS) is 33.2. The number of ether oxygens (including phenoxy) is 2. The fourth-order valence-electron chi connectivity index (χ4n) is 5.08. The quantitative estimate of drug-likeness (QED) is 0.778.